The molecule has 180 valence electrons. The van der Waals surface area contributed by atoms with Crippen LogP contribution in [0.5, 0.6) is 11.5 Å². The van der Waals surface area contributed by atoms with Crippen LogP contribution < -0.4 is 13.9 Å². The van der Waals surface area contributed by atoms with Gasteiger partial charge in [0.1, 0.15) is 11.5 Å². The molecular weight excluding hydrogens is 441 g/mol. The van der Waals surface area contributed by atoms with Crippen molar-refractivity contribution < 1.29 is 13.6 Å². The first kappa shape index (κ1) is 25.6. The summed E-state index contributed by atoms with van der Waals surface area (Å²) in [7, 11) is 0.546. The summed E-state index contributed by atoms with van der Waals surface area (Å²) in [4.78, 5) is 2.08. The van der Waals surface area contributed by atoms with Crippen LogP contribution in [0.3, 0.4) is 0 Å². The Bertz CT molecular complexity index is 1020. The summed E-state index contributed by atoms with van der Waals surface area (Å²) >= 11 is 0. The van der Waals surface area contributed by atoms with E-state index in [0.717, 1.165) is 36.1 Å². The van der Waals surface area contributed by atoms with Crippen molar-refractivity contribution >= 4 is 19.4 Å². The highest BCUT2D eigenvalue weighted by molar-refractivity contribution is 7.55. The van der Waals surface area contributed by atoms with Gasteiger partial charge in [-0.05, 0) is 54.8 Å². The van der Waals surface area contributed by atoms with Crippen LogP contribution in [0.15, 0.2) is 90.5 Å². The average molecular weight is 478 g/mol. The monoisotopic (exact) mass is 477 g/mol. The Labute approximate surface area is 204 Å². The molecule has 0 aromatic heterocycles. The molecule has 0 bridgehead atoms. The van der Waals surface area contributed by atoms with Crippen LogP contribution in [-0.2, 0) is 4.57 Å². The molecule has 0 N–H and O–H groups in total. The van der Waals surface area contributed by atoms with Crippen molar-refractivity contribution in [2.75, 3.05) is 25.2 Å². The average Bonchev–Trinajstić information content (AvgIpc) is 2.83. The van der Waals surface area contributed by atoms with Gasteiger partial charge in [0.15, 0.2) is 0 Å². The van der Waals surface area contributed by atoms with Gasteiger partial charge in [0.25, 0.3) is 0 Å². The molecule has 0 saturated heterocycles. The highest BCUT2D eigenvalue weighted by atomic mass is 31.2. The molecule has 4 nitrogen and oxygen atoms in total. The topological polar surface area (TPSA) is 38.8 Å². The minimum Gasteiger partial charge on any atom is -0.416 e. The number of anilines is 1. The molecule has 3 rings (SSSR count). The van der Waals surface area contributed by atoms with Crippen LogP contribution in [0.1, 0.15) is 44.6 Å². The quantitative estimate of drug-likeness (QED) is 0.183. The van der Waals surface area contributed by atoms with Crippen LogP contribution >= 0.6 is 7.60 Å². The van der Waals surface area contributed by atoms with Gasteiger partial charge >= 0.3 is 7.60 Å². The molecule has 0 heterocycles. The second-order valence-corrected chi connectivity index (χ2v) is 10.6. The van der Waals surface area contributed by atoms with Gasteiger partial charge in [-0.25, -0.2) is 4.57 Å². The van der Waals surface area contributed by atoms with Crippen LogP contribution in [0.2, 0.25) is 0 Å². The Morgan fingerprint density at radius 1 is 0.794 bits per heavy atom. The Kier molecular flexibility index (Phi) is 9.85. The molecule has 0 saturated carbocycles. The van der Waals surface area contributed by atoms with Gasteiger partial charge in [0, 0.05) is 19.8 Å². The molecule has 0 aliphatic rings. The maximum atomic E-state index is 14.1. The molecule has 0 atom stereocenters. The van der Waals surface area contributed by atoms with E-state index >= 15 is 0 Å². The van der Waals surface area contributed by atoms with Crippen LogP contribution in [0.25, 0.3) is 6.08 Å². The Morgan fingerprint density at radius 2 is 1.35 bits per heavy atom. The van der Waals surface area contributed by atoms with Gasteiger partial charge in [-0.2, -0.15) is 0 Å². The standard InChI is InChI=1S/C29H36NO3P/c1-4-5-6-9-14-26(23-25-19-21-27(22-20-25)30(2)3)24-34(31,32-28-15-10-7-11-16-28)33-29-17-12-8-13-18-29/h7-8,10-13,15-23H,4-6,9,14,24H2,1-3H3/b26-23+. The van der Waals surface area contributed by atoms with E-state index in [0.29, 0.717) is 11.5 Å². The van der Waals surface area contributed by atoms with E-state index in [1.54, 1.807) is 0 Å². The zero-order chi connectivity index (χ0) is 24.2. The van der Waals surface area contributed by atoms with Crippen LogP contribution in [0.4, 0.5) is 5.69 Å². The largest absolute Gasteiger partial charge is 0.434 e. The van der Waals surface area contributed by atoms with E-state index in [4.69, 9.17) is 9.05 Å². The molecule has 0 spiro atoms. The fourth-order valence-corrected chi connectivity index (χ4v) is 5.50. The maximum absolute atomic E-state index is 14.1. The predicted molar refractivity (Wildman–Crippen MR) is 144 cm³/mol. The summed E-state index contributed by atoms with van der Waals surface area (Å²) in [6.07, 6.45) is 7.80. The van der Waals surface area contributed by atoms with Crippen molar-refractivity contribution in [3.63, 3.8) is 0 Å². The van der Waals surface area contributed by atoms with Crippen LogP contribution in [0, 0.1) is 0 Å². The van der Waals surface area contributed by atoms with Crippen molar-refractivity contribution in [3.05, 3.63) is 96.1 Å². The maximum Gasteiger partial charge on any atom is 0.434 e. The molecule has 34 heavy (non-hydrogen) atoms. The smallest absolute Gasteiger partial charge is 0.416 e. The molecule has 5 heteroatoms. The number of rotatable bonds is 13. The van der Waals surface area contributed by atoms with E-state index in [1.807, 2.05) is 74.8 Å². The number of benzene rings is 3. The summed E-state index contributed by atoms with van der Waals surface area (Å²) in [5.41, 5.74) is 3.30. The van der Waals surface area contributed by atoms with Gasteiger partial charge in [0.2, 0.25) is 0 Å². The van der Waals surface area contributed by atoms with Crippen molar-refractivity contribution in [1.82, 2.24) is 0 Å². The Balaban J connectivity index is 1.89. The zero-order valence-electron chi connectivity index (χ0n) is 20.5. The van der Waals surface area contributed by atoms with E-state index in [2.05, 4.69) is 42.2 Å². The zero-order valence-corrected chi connectivity index (χ0v) is 21.4. The lowest BCUT2D eigenvalue weighted by Crippen LogP contribution is -2.08. The highest BCUT2D eigenvalue weighted by Gasteiger charge is 2.30. The van der Waals surface area contributed by atoms with Crippen LogP contribution in [-0.4, -0.2) is 20.3 Å². The molecule has 0 amide bonds. The minimum absolute atomic E-state index is 0.234. The van der Waals surface area contributed by atoms with Gasteiger partial charge < -0.3 is 13.9 Å². The van der Waals surface area contributed by atoms with Gasteiger partial charge in [-0.1, -0.05) is 86.4 Å². The summed E-state index contributed by atoms with van der Waals surface area (Å²) < 4.78 is 26.2. The van der Waals surface area contributed by atoms with Crippen molar-refractivity contribution in [2.24, 2.45) is 0 Å². The van der Waals surface area contributed by atoms with Gasteiger partial charge in [0.05, 0.1) is 6.16 Å². The number of hydrogen-bond acceptors (Lipinski definition) is 4. The summed E-state index contributed by atoms with van der Waals surface area (Å²) in [6.45, 7) is 2.21. The van der Waals surface area contributed by atoms with Crippen molar-refractivity contribution in [3.8, 4) is 11.5 Å². The molecule has 3 aromatic carbocycles. The number of allylic oxidation sites excluding steroid dienone is 1. The summed E-state index contributed by atoms with van der Waals surface area (Å²) in [5, 5.41) is 0. The van der Waals surface area contributed by atoms with Crippen molar-refractivity contribution in [1.29, 1.82) is 0 Å². The molecule has 0 radical (unpaired) electrons. The van der Waals surface area contributed by atoms with E-state index in [-0.39, 0.29) is 6.16 Å². The van der Waals surface area contributed by atoms with E-state index < -0.39 is 7.60 Å². The first-order valence-electron chi connectivity index (χ1n) is 12.0. The molecular formula is C29H36NO3P. The number of nitrogens with zero attached hydrogens (tertiary/aromatic N) is 1. The predicted octanol–water partition coefficient (Wildman–Crippen LogP) is 8.46. The fraction of sp³-hybridized carbons (Fsp3) is 0.310. The second kappa shape index (κ2) is 13.1. The Hall–Kier alpha value is -2.97. The van der Waals surface area contributed by atoms with Gasteiger partial charge in [-0.3, -0.25) is 0 Å². The normalized spacial score (nSPS) is 11.8. The van der Waals surface area contributed by atoms with E-state index in [9.17, 15) is 4.57 Å². The Morgan fingerprint density at radius 3 is 1.85 bits per heavy atom. The first-order valence-corrected chi connectivity index (χ1v) is 13.8. The lowest BCUT2D eigenvalue weighted by Gasteiger charge is -2.22. The molecule has 0 unspecified atom stereocenters. The number of para-hydroxylation sites is 2. The van der Waals surface area contributed by atoms with E-state index in [1.165, 1.54) is 12.8 Å². The molecule has 0 fully saturated rings. The second-order valence-electron chi connectivity index (χ2n) is 8.68. The highest BCUT2D eigenvalue weighted by Crippen LogP contribution is 2.50. The first-order chi connectivity index (χ1) is 16.5. The SMILES string of the molecule is CCCCCC/C(=C\c1ccc(N(C)C)cc1)CP(=O)(Oc1ccccc1)Oc1ccccc1. The third-order valence-corrected chi connectivity index (χ3v) is 7.28. The number of unbranched alkanes of at least 4 members (excludes halogenated alkanes) is 3. The third kappa shape index (κ3) is 8.43. The summed E-state index contributed by atoms with van der Waals surface area (Å²) in [6, 6.07) is 26.9. The lowest BCUT2D eigenvalue weighted by atomic mass is 10.0. The molecule has 0 aliphatic heterocycles. The lowest BCUT2D eigenvalue weighted by molar-refractivity contribution is 0.388. The van der Waals surface area contributed by atoms with Crippen molar-refractivity contribution in [2.45, 2.75) is 39.0 Å². The number of hydrogen-bond donors (Lipinski definition) is 0. The minimum atomic E-state index is -3.51. The third-order valence-electron chi connectivity index (χ3n) is 5.50. The summed E-state index contributed by atoms with van der Waals surface area (Å²) in [5.74, 6) is 1.09. The fourth-order valence-electron chi connectivity index (χ4n) is 3.70. The van der Waals surface area contributed by atoms with Gasteiger partial charge in [-0.15, -0.1) is 0 Å². The molecule has 3 aromatic rings. The molecule has 0 aliphatic carbocycles.